The van der Waals surface area contributed by atoms with E-state index in [0.29, 0.717) is 0 Å². The quantitative estimate of drug-likeness (QED) is 0.505. The van der Waals surface area contributed by atoms with Crippen LogP contribution in [0, 0.1) is 0 Å². The average Bonchev–Trinajstić information content (AvgIpc) is 0. The van der Waals surface area contributed by atoms with Crippen LogP contribution in [-0.2, 0) is 58.4 Å². The van der Waals surface area contributed by atoms with Gasteiger partial charge in [0.15, 0.2) is 0 Å². The van der Waals surface area contributed by atoms with Crippen LogP contribution in [0.15, 0.2) is 0 Å². The van der Waals surface area contributed by atoms with E-state index < -0.39 is 0 Å². The van der Waals surface area contributed by atoms with Gasteiger partial charge in [0.05, 0.1) is 0 Å². The summed E-state index contributed by atoms with van der Waals surface area (Å²) in [4.78, 5) is 0. The average molecular weight is 439 g/mol. The van der Waals surface area contributed by atoms with Crippen LogP contribution in [-0.4, -0.2) is 0 Å². The minimum absolute atomic E-state index is 0. The van der Waals surface area contributed by atoms with Crippen LogP contribution >= 0.6 is 50.9 Å². The van der Waals surface area contributed by atoms with Crippen LogP contribution in [0.5, 0.6) is 0 Å². The predicted molar refractivity (Wildman–Crippen MR) is 31.0 cm³/mol. The number of halogens is 3. The molecule has 0 unspecified atom stereocenters. The molecule has 0 aliphatic carbocycles. The summed E-state index contributed by atoms with van der Waals surface area (Å²) in [5, 5.41) is 0. The molecule has 6 heteroatoms. The fraction of sp³-hybridized carbons (Fsp3) is 0. The summed E-state index contributed by atoms with van der Waals surface area (Å²) in [7, 11) is 0. The van der Waals surface area contributed by atoms with Crippen LogP contribution in [0.4, 0.5) is 0 Å². The van der Waals surface area contributed by atoms with Crippen LogP contribution in [0.1, 0.15) is 0 Å². The SMILES string of the molecule is Br.Br.Br.[Zn].[Zn].[Zn]. The maximum Gasteiger partial charge on any atom is 0 e. The summed E-state index contributed by atoms with van der Waals surface area (Å²) in [5.74, 6) is 0. The van der Waals surface area contributed by atoms with E-state index in [1.165, 1.54) is 0 Å². The smallest absolute Gasteiger partial charge is 0 e. The Bertz CT molecular complexity index is 6.00. The zero-order valence-electron chi connectivity index (χ0n) is 3.35. The Morgan fingerprint density at radius 1 is 0.333 bits per heavy atom. The molecule has 0 aliphatic heterocycles. The summed E-state index contributed by atoms with van der Waals surface area (Å²) in [6.07, 6.45) is 0. The van der Waals surface area contributed by atoms with Crippen molar-refractivity contribution in [3.05, 3.63) is 0 Å². The van der Waals surface area contributed by atoms with Gasteiger partial charge in [-0.15, -0.1) is 50.9 Å². The maximum atomic E-state index is 0. The summed E-state index contributed by atoms with van der Waals surface area (Å²) < 4.78 is 0. The van der Waals surface area contributed by atoms with Crippen molar-refractivity contribution in [1.82, 2.24) is 0 Å². The van der Waals surface area contributed by atoms with E-state index in [9.17, 15) is 0 Å². The van der Waals surface area contributed by atoms with E-state index >= 15 is 0 Å². The molecule has 0 fully saturated rings. The second kappa shape index (κ2) is 40.5. The number of hydrogen-bond acceptors (Lipinski definition) is 0. The molecule has 0 radical (unpaired) electrons. The molecule has 0 N–H and O–H groups in total. The molecule has 0 saturated carbocycles. The van der Waals surface area contributed by atoms with E-state index in [1.54, 1.807) is 0 Å². The van der Waals surface area contributed by atoms with Gasteiger partial charge in [0.25, 0.3) is 0 Å². The van der Waals surface area contributed by atoms with Gasteiger partial charge in [0.1, 0.15) is 0 Å². The van der Waals surface area contributed by atoms with Crippen molar-refractivity contribution < 1.29 is 58.4 Å². The van der Waals surface area contributed by atoms with Gasteiger partial charge in [-0.2, -0.15) is 0 Å². The standard InChI is InChI=1S/3BrH.3Zn/h3*1H;;;. The van der Waals surface area contributed by atoms with Crippen molar-refractivity contribution in [3.8, 4) is 0 Å². The molecule has 0 amide bonds. The summed E-state index contributed by atoms with van der Waals surface area (Å²) in [6.45, 7) is 0. The first kappa shape index (κ1) is 58.7. The van der Waals surface area contributed by atoms with Crippen molar-refractivity contribution in [2.24, 2.45) is 0 Å². The third kappa shape index (κ3) is 26.6. The first-order valence-corrected chi connectivity index (χ1v) is 0. The van der Waals surface area contributed by atoms with Crippen LogP contribution in [0.25, 0.3) is 0 Å². The minimum Gasteiger partial charge on any atom is -0.114 e. The first-order valence-electron chi connectivity index (χ1n) is 0. The molecule has 0 nitrogen and oxygen atoms in total. The maximum absolute atomic E-state index is 0. The van der Waals surface area contributed by atoms with E-state index in [-0.39, 0.29) is 109 Å². The summed E-state index contributed by atoms with van der Waals surface area (Å²) >= 11 is 0. The van der Waals surface area contributed by atoms with E-state index in [1.807, 2.05) is 0 Å². The van der Waals surface area contributed by atoms with Crippen molar-refractivity contribution in [3.63, 3.8) is 0 Å². The Labute approximate surface area is 108 Å². The van der Waals surface area contributed by atoms with Crippen molar-refractivity contribution in [2.75, 3.05) is 0 Å². The van der Waals surface area contributed by atoms with Gasteiger partial charge in [-0.05, 0) is 0 Å². The molecule has 6 heavy (non-hydrogen) atoms. The van der Waals surface area contributed by atoms with Crippen LogP contribution in [0.2, 0.25) is 0 Å². The Morgan fingerprint density at radius 2 is 0.333 bits per heavy atom. The van der Waals surface area contributed by atoms with Crippen molar-refractivity contribution in [1.29, 1.82) is 0 Å². The third-order valence-corrected chi connectivity index (χ3v) is 0. The molecular weight excluding hydrogens is 436 g/mol. The second-order valence-electron chi connectivity index (χ2n) is 0. The Kier molecular flexibility index (Phi) is 396. The zero-order valence-corrected chi connectivity index (χ0v) is 17.4. The molecule has 0 heterocycles. The van der Waals surface area contributed by atoms with Crippen molar-refractivity contribution >= 4 is 50.9 Å². The molecule has 0 aromatic rings. The summed E-state index contributed by atoms with van der Waals surface area (Å²) in [5.41, 5.74) is 0. The molecule has 0 atom stereocenters. The van der Waals surface area contributed by atoms with E-state index in [2.05, 4.69) is 0 Å². The van der Waals surface area contributed by atoms with Gasteiger partial charge >= 0.3 is 0 Å². The molecule has 0 aromatic heterocycles. The fourth-order valence-electron chi connectivity index (χ4n) is 0. The monoisotopic (exact) mass is 432 g/mol. The van der Waals surface area contributed by atoms with Gasteiger partial charge in [-0.3, -0.25) is 0 Å². The number of hydrogen-bond donors (Lipinski definition) is 0. The molecule has 30 valence electrons. The Morgan fingerprint density at radius 3 is 0.333 bits per heavy atom. The minimum atomic E-state index is 0. The molecule has 0 aromatic carbocycles. The van der Waals surface area contributed by atoms with Crippen molar-refractivity contribution in [2.45, 2.75) is 0 Å². The molecule has 0 bridgehead atoms. The fourth-order valence-corrected chi connectivity index (χ4v) is 0. The topological polar surface area (TPSA) is 0 Å². The summed E-state index contributed by atoms with van der Waals surface area (Å²) in [6, 6.07) is 0. The first-order chi connectivity index (χ1) is 0. The Balaban J connectivity index is 0. The van der Waals surface area contributed by atoms with E-state index in [0.717, 1.165) is 0 Å². The van der Waals surface area contributed by atoms with Gasteiger partial charge < -0.3 is 0 Å². The van der Waals surface area contributed by atoms with Gasteiger partial charge in [0, 0.05) is 58.4 Å². The predicted octanol–water partition coefficient (Wildman–Crippen LogP) is 1.73. The van der Waals surface area contributed by atoms with E-state index in [4.69, 9.17) is 0 Å². The molecule has 0 aliphatic rings. The van der Waals surface area contributed by atoms with Gasteiger partial charge in [0.2, 0.25) is 0 Å². The normalized spacial score (nSPS) is 0. The third-order valence-electron chi connectivity index (χ3n) is 0. The molecule has 0 saturated heterocycles. The largest absolute Gasteiger partial charge is 0.114 e. The van der Waals surface area contributed by atoms with Gasteiger partial charge in [-0.1, -0.05) is 0 Å². The second-order valence-corrected chi connectivity index (χ2v) is 0. The molecule has 0 rings (SSSR count). The van der Waals surface area contributed by atoms with Crippen LogP contribution < -0.4 is 0 Å². The Hall–Kier alpha value is 3.31. The van der Waals surface area contributed by atoms with Crippen LogP contribution in [0.3, 0.4) is 0 Å². The zero-order chi connectivity index (χ0) is 0. The van der Waals surface area contributed by atoms with Gasteiger partial charge in [-0.25, -0.2) is 0 Å². The molecule has 0 spiro atoms. The molecular formula is H3Br3Zn3. The number of rotatable bonds is 0.